The standard InChI is InChI=1S/C12H13N5O3/c1-7-14-10(16-15-7)6-17(2)11(18)8-3-4-13-9(5-8)12(19)20/h3-5H,6H2,1-2H3,(H,19,20)(H,14,15,16). The molecule has 0 fully saturated rings. The maximum Gasteiger partial charge on any atom is 0.354 e. The van der Waals surface area contributed by atoms with Gasteiger partial charge in [-0.1, -0.05) is 0 Å². The molecule has 0 saturated heterocycles. The minimum atomic E-state index is -1.17. The molecule has 8 nitrogen and oxygen atoms in total. The molecule has 0 aromatic carbocycles. The average molecular weight is 275 g/mol. The molecule has 0 atom stereocenters. The minimum Gasteiger partial charge on any atom is -0.477 e. The van der Waals surface area contributed by atoms with Crippen LogP contribution < -0.4 is 0 Å². The topological polar surface area (TPSA) is 112 Å². The molecular formula is C12H13N5O3. The van der Waals surface area contributed by atoms with Crippen molar-refractivity contribution in [2.75, 3.05) is 7.05 Å². The largest absolute Gasteiger partial charge is 0.477 e. The Labute approximate surface area is 114 Å². The monoisotopic (exact) mass is 275 g/mol. The Morgan fingerprint density at radius 2 is 2.20 bits per heavy atom. The zero-order valence-corrected chi connectivity index (χ0v) is 11.0. The summed E-state index contributed by atoms with van der Waals surface area (Å²) in [6.07, 6.45) is 1.29. The van der Waals surface area contributed by atoms with Crippen LogP contribution in [0.2, 0.25) is 0 Å². The summed E-state index contributed by atoms with van der Waals surface area (Å²) in [4.78, 5) is 32.2. The predicted octanol–water partition coefficient (Wildman–Crippen LogP) is 0.479. The number of hydrogen-bond acceptors (Lipinski definition) is 5. The number of carbonyl (C=O) groups is 2. The fraction of sp³-hybridized carbons (Fsp3) is 0.250. The van der Waals surface area contributed by atoms with Gasteiger partial charge in [-0.2, -0.15) is 5.10 Å². The summed E-state index contributed by atoms with van der Waals surface area (Å²) in [5.74, 6) is -0.340. The first kappa shape index (κ1) is 13.7. The third-order valence-electron chi connectivity index (χ3n) is 2.59. The van der Waals surface area contributed by atoms with Crippen molar-refractivity contribution < 1.29 is 14.7 Å². The molecule has 0 aliphatic carbocycles. The van der Waals surface area contributed by atoms with E-state index in [9.17, 15) is 9.59 Å². The van der Waals surface area contributed by atoms with Gasteiger partial charge in [0.25, 0.3) is 5.91 Å². The van der Waals surface area contributed by atoms with Crippen molar-refractivity contribution in [2.45, 2.75) is 13.5 Å². The van der Waals surface area contributed by atoms with Crippen molar-refractivity contribution in [3.8, 4) is 0 Å². The van der Waals surface area contributed by atoms with E-state index in [1.165, 1.54) is 23.2 Å². The highest BCUT2D eigenvalue weighted by Crippen LogP contribution is 2.07. The number of aromatic nitrogens is 4. The minimum absolute atomic E-state index is 0.169. The molecule has 2 N–H and O–H groups in total. The fourth-order valence-electron chi connectivity index (χ4n) is 1.64. The first-order valence-corrected chi connectivity index (χ1v) is 5.80. The van der Waals surface area contributed by atoms with E-state index in [1.54, 1.807) is 14.0 Å². The number of carbonyl (C=O) groups excluding carboxylic acids is 1. The van der Waals surface area contributed by atoms with Crippen LogP contribution in [0.3, 0.4) is 0 Å². The third kappa shape index (κ3) is 2.97. The maximum absolute atomic E-state index is 12.2. The van der Waals surface area contributed by atoms with Gasteiger partial charge >= 0.3 is 5.97 Å². The summed E-state index contributed by atoms with van der Waals surface area (Å²) in [6.45, 7) is 1.99. The Morgan fingerprint density at radius 3 is 2.80 bits per heavy atom. The smallest absolute Gasteiger partial charge is 0.354 e. The zero-order valence-electron chi connectivity index (χ0n) is 11.0. The van der Waals surface area contributed by atoms with E-state index < -0.39 is 5.97 Å². The van der Waals surface area contributed by atoms with E-state index in [0.717, 1.165) is 0 Å². The van der Waals surface area contributed by atoms with Gasteiger partial charge < -0.3 is 10.0 Å². The predicted molar refractivity (Wildman–Crippen MR) is 68.1 cm³/mol. The van der Waals surface area contributed by atoms with Crippen molar-refractivity contribution in [2.24, 2.45) is 0 Å². The molecule has 0 saturated carbocycles. The van der Waals surface area contributed by atoms with E-state index in [0.29, 0.717) is 11.6 Å². The fourth-order valence-corrected chi connectivity index (χ4v) is 1.64. The van der Waals surface area contributed by atoms with Crippen LogP contribution in [0.4, 0.5) is 0 Å². The summed E-state index contributed by atoms with van der Waals surface area (Å²) in [5.41, 5.74) is 0.0881. The van der Waals surface area contributed by atoms with Gasteiger partial charge in [-0.25, -0.2) is 14.8 Å². The van der Waals surface area contributed by atoms with E-state index in [1.807, 2.05) is 0 Å². The second-order valence-electron chi connectivity index (χ2n) is 4.23. The van der Waals surface area contributed by atoms with E-state index >= 15 is 0 Å². The molecule has 20 heavy (non-hydrogen) atoms. The summed E-state index contributed by atoms with van der Waals surface area (Å²) >= 11 is 0. The van der Waals surface area contributed by atoms with Gasteiger partial charge in [0.1, 0.15) is 11.5 Å². The molecule has 0 spiro atoms. The van der Waals surface area contributed by atoms with Crippen LogP contribution >= 0.6 is 0 Å². The number of pyridine rings is 1. The van der Waals surface area contributed by atoms with Crippen LogP contribution in [0.25, 0.3) is 0 Å². The molecule has 2 aromatic rings. The number of aryl methyl sites for hydroxylation is 1. The first-order chi connectivity index (χ1) is 9.47. The summed E-state index contributed by atoms with van der Waals surface area (Å²) in [5, 5.41) is 15.5. The second kappa shape index (κ2) is 5.47. The molecule has 0 unspecified atom stereocenters. The molecule has 104 valence electrons. The van der Waals surface area contributed by atoms with Crippen LogP contribution in [-0.4, -0.2) is 49.1 Å². The molecule has 2 aromatic heterocycles. The van der Waals surface area contributed by atoms with E-state index in [2.05, 4.69) is 20.2 Å². The van der Waals surface area contributed by atoms with Crippen molar-refractivity contribution >= 4 is 11.9 Å². The SMILES string of the molecule is Cc1nc(CN(C)C(=O)c2ccnc(C(=O)O)c2)n[nH]1. The first-order valence-electron chi connectivity index (χ1n) is 5.80. The molecule has 2 heterocycles. The van der Waals surface area contributed by atoms with Gasteiger partial charge in [0.15, 0.2) is 5.82 Å². The third-order valence-corrected chi connectivity index (χ3v) is 2.59. The molecule has 2 rings (SSSR count). The normalized spacial score (nSPS) is 10.3. The molecule has 1 amide bonds. The lowest BCUT2D eigenvalue weighted by Gasteiger charge is -2.15. The number of hydrogen-bond donors (Lipinski definition) is 2. The quantitative estimate of drug-likeness (QED) is 0.839. The molecule has 0 aliphatic heterocycles. The van der Waals surface area contributed by atoms with Gasteiger partial charge in [-0.3, -0.25) is 9.89 Å². The van der Waals surface area contributed by atoms with Gasteiger partial charge in [0, 0.05) is 18.8 Å². The highest BCUT2D eigenvalue weighted by atomic mass is 16.4. The number of nitrogens with zero attached hydrogens (tertiary/aromatic N) is 4. The highest BCUT2D eigenvalue weighted by molar-refractivity contribution is 5.96. The number of carboxylic acids is 1. The Morgan fingerprint density at radius 1 is 1.45 bits per heavy atom. The average Bonchev–Trinajstić information content (AvgIpc) is 2.83. The van der Waals surface area contributed by atoms with Gasteiger partial charge in [-0.15, -0.1) is 0 Å². The van der Waals surface area contributed by atoms with E-state index in [4.69, 9.17) is 5.11 Å². The Bertz CT molecular complexity index is 652. The number of carboxylic acid groups (broad SMARTS) is 1. The van der Waals surface area contributed by atoms with Crippen LogP contribution in [-0.2, 0) is 6.54 Å². The van der Waals surface area contributed by atoms with Crippen LogP contribution in [0.5, 0.6) is 0 Å². The maximum atomic E-state index is 12.2. The van der Waals surface area contributed by atoms with Crippen molar-refractivity contribution in [3.63, 3.8) is 0 Å². The molecular weight excluding hydrogens is 262 g/mol. The molecule has 8 heteroatoms. The number of aromatic carboxylic acids is 1. The Balaban J connectivity index is 2.14. The lowest BCUT2D eigenvalue weighted by molar-refractivity contribution is 0.0690. The highest BCUT2D eigenvalue weighted by Gasteiger charge is 2.16. The molecule has 0 bridgehead atoms. The lowest BCUT2D eigenvalue weighted by atomic mass is 10.2. The van der Waals surface area contributed by atoms with Crippen molar-refractivity contribution in [3.05, 3.63) is 41.2 Å². The summed E-state index contributed by atoms with van der Waals surface area (Å²) < 4.78 is 0. The number of amides is 1. The zero-order chi connectivity index (χ0) is 14.7. The number of aromatic amines is 1. The summed E-state index contributed by atoms with van der Waals surface area (Å²) in [7, 11) is 1.59. The van der Waals surface area contributed by atoms with Crippen molar-refractivity contribution in [1.82, 2.24) is 25.1 Å². The summed E-state index contributed by atoms with van der Waals surface area (Å²) in [6, 6.07) is 2.71. The molecule has 0 radical (unpaired) electrons. The van der Waals surface area contributed by atoms with Gasteiger partial charge in [0.2, 0.25) is 0 Å². The number of rotatable bonds is 4. The number of nitrogens with one attached hydrogen (secondary N) is 1. The Kier molecular flexibility index (Phi) is 3.74. The Hall–Kier alpha value is -2.77. The second-order valence-corrected chi connectivity index (χ2v) is 4.23. The van der Waals surface area contributed by atoms with Gasteiger partial charge in [-0.05, 0) is 19.1 Å². The van der Waals surface area contributed by atoms with E-state index in [-0.39, 0.29) is 23.7 Å². The van der Waals surface area contributed by atoms with Crippen molar-refractivity contribution in [1.29, 1.82) is 0 Å². The van der Waals surface area contributed by atoms with Crippen LogP contribution in [0, 0.1) is 6.92 Å². The molecule has 0 aliphatic rings. The lowest BCUT2D eigenvalue weighted by Crippen LogP contribution is -2.27. The van der Waals surface area contributed by atoms with Crippen LogP contribution in [0.15, 0.2) is 18.3 Å². The van der Waals surface area contributed by atoms with Gasteiger partial charge in [0.05, 0.1) is 6.54 Å². The number of H-pyrrole nitrogens is 1. The van der Waals surface area contributed by atoms with Crippen LogP contribution in [0.1, 0.15) is 32.5 Å².